The summed E-state index contributed by atoms with van der Waals surface area (Å²) in [4.78, 5) is 15.8. The van der Waals surface area contributed by atoms with Gasteiger partial charge in [-0.15, -0.1) is 11.6 Å². The van der Waals surface area contributed by atoms with Gasteiger partial charge >= 0.3 is 0 Å². The predicted octanol–water partition coefficient (Wildman–Crippen LogP) is 2.17. The number of carbonyl (C=O) groups is 1. The number of hydrogen-bond acceptors (Lipinski definition) is 2. The molecule has 0 aliphatic rings. The Morgan fingerprint density at radius 3 is 2.94 bits per heavy atom. The number of nitrogens with zero attached hydrogens (tertiary/aromatic N) is 2. The van der Waals surface area contributed by atoms with E-state index in [9.17, 15) is 4.79 Å². The Morgan fingerprint density at radius 2 is 2.29 bits per heavy atom. The third kappa shape index (κ3) is 2.37. The Balaban J connectivity index is 2.54. The molecule has 6 heteroatoms. The first-order chi connectivity index (χ1) is 8.15. The number of fused-ring (bicyclic) bond motifs is 1. The first-order valence-corrected chi connectivity index (χ1v) is 5.98. The summed E-state index contributed by atoms with van der Waals surface area (Å²) < 4.78 is 1.79. The summed E-state index contributed by atoms with van der Waals surface area (Å²) in [6.45, 7) is 0.205. The van der Waals surface area contributed by atoms with Crippen LogP contribution in [0, 0.1) is 0 Å². The largest absolute Gasteiger partial charge is 0.358 e. The molecule has 1 N–H and O–H groups in total. The lowest BCUT2D eigenvalue weighted by Crippen LogP contribution is -2.24. The van der Waals surface area contributed by atoms with Crippen LogP contribution in [0.25, 0.3) is 11.0 Å². The number of amides is 1. The molecule has 1 heterocycles. The zero-order valence-electron chi connectivity index (χ0n) is 9.20. The fourth-order valence-electron chi connectivity index (χ4n) is 1.65. The number of alkyl halides is 1. The maximum absolute atomic E-state index is 11.4. The normalized spacial score (nSPS) is 10.8. The topological polar surface area (TPSA) is 46.9 Å². The smallest absolute Gasteiger partial charge is 0.239 e. The SMILES string of the molecule is CNC(=O)Cn1c(CCl)nc2cc(Cl)ccc21. The number of aromatic nitrogens is 2. The van der Waals surface area contributed by atoms with Crippen molar-refractivity contribution in [1.29, 1.82) is 0 Å². The third-order valence-electron chi connectivity index (χ3n) is 2.49. The van der Waals surface area contributed by atoms with E-state index >= 15 is 0 Å². The van der Waals surface area contributed by atoms with Crippen LogP contribution < -0.4 is 5.32 Å². The minimum absolute atomic E-state index is 0.0920. The van der Waals surface area contributed by atoms with Crippen molar-refractivity contribution in [3.05, 3.63) is 29.0 Å². The molecule has 0 aliphatic carbocycles. The molecule has 1 amide bonds. The molecule has 0 fully saturated rings. The van der Waals surface area contributed by atoms with E-state index in [-0.39, 0.29) is 18.3 Å². The Morgan fingerprint density at radius 1 is 1.53 bits per heavy atom. The molecule has 1 aromatic heterocycles. The summed E-state index contributed by atoms with van der Waals surface area (Å²) in [5.41, 5.74) is 1.60. The number of likely N-dealkylation sites (N-methyl/N-ethyl adjacent to an activating group) is 1. The molecule has 0 bridgehead atoms. The average Bonchev–Trinajstić information content (AvgIpc) is 2.66. The predicted molar refractivity (Wildman–Crippen MR) is 68.4 cm³/mol. The van der Waals surface area contributed by atoms with E-state index in [4.69, 9.17) is 23.2 Å². The van der Waals surface area contributed by atoms with Crippen molar-refractivity contribution in [2.75, 3.05) is 7.05 Å². The maximum atomic E-state index is 11.4. The van der Waals surface area contributed by atoms with Crippen molar-refractivity contribution in [2.45, 2.75) is 12.4 Å². The van der Waals surface area contributed by atoms with Crippen LogP contribution in [-0.4, -0.2) is 22.5 Å². The van der Waals surface area contributed by atoms with E-state index in [1.54, 1.807) is 23.7 Å². The van der Waals surface area contributed by atoms with E-state index in [0.29, 0.717) is 10.8 Å². The van der Waals surface area contributed by atoms with Crippen molar-refractivity contribution >= 4 is 40.1 Å². The van der Waals surface area contributed by atoms with Gasteiger partial charge in [0.25, 0.3) is 0 Å². The van der Waals surface area contributed by atoms with Crippen LogP contribution in [0.1, 0.15) is 5.82 Å². The molecular weight excluding hydrogens is 261 g/mol. The highest BCUT2D eigenvalue weighted by Crippen LogP contribution is 2.21. The van der Waals surface area contributed by atoms with Gasteiger partial charge in [0.15, 0.2) is 0 Å². The fraction of sp³-hybridized carbons (Fsp3) is 0.273. The Hall–Kier alpha value is -1.26. The van der Waals surface area contributed by atoms with Gasteiger partial charge in [-0.1, -0.05) is 11.6 Å². The molecule has 17 heavy (non-hydrogen) atoms. The summed E-state index contributed by atoms with van der Waals surface area (Å²) in [5, 5.41) is 3.19. The lowest BCUT2D eigenvalue weighted by molar-refractivity contribution is -0.121. The molecule has 0 saturated heterocycles. The minimum Gasteiger partial charge on any atom is -0.358 e. The molecule has 0 saturated carbocycles. The molecule has 2 aromatic rings. The Labute approximate surface area is 109 Å². The lowest BCUT2D eigenvalue weighted by Gasteiger charge is -2.06. The number of halogens is 2. The van der Waals surface area contributed by atoms with E-state index < -0.39 is 0 Å². The number of imidazole rings is 1. The van der Waals surface area contributed by atoms with Gasteiger partial charge in [0.2, 0.25) is 5.91 Å². The standard InChI is InChI=1S/C11H11Cl2N3O/c1-14-11(17)6-16-9-3-2-7(13)4-8(9)15-10(16)5-12/h2-4H,5-6H2,1H3,(H,14,17). The molecule has 0 spiro atoms. The van der Waals surface area contributed by atoms with Crippen LogP contribution >= 0.6 is 23.2 Å². The van der Waals surface area contributed by atoms with Gasteiger partial charge in [-0.05, 0) is 18.2 Å². The molecule has 90 valence electrons. The molecule has 0 aliphatic heterocycles. The number of benzene rings is 1. The van der Waals surface area contributed by atoms with Crippen LogP contribution in [-0.2, 0) is 17.2 Å². The van der Waals surface area contributed by atoms with Crippen molar-refractivity contribution in [2.24, 2.45) is 0 Å². The van der Waals surface area contributed by atoms with Crippen molar-refractivity contribution in [3.63, 3.8) is 0 Å². The summed E-state index contributed by atoms with van der Waals surface area (Å²) in [6, 6.07) is 5.36. The Kier molecular flexibility index (Phi) is 3.54. The van der Waals surface area contributed by atoms with Gasteiger partial charge in [-0.25, -0.2) is 4.98 Å². The van der Waals surface area contributed by atoms with Gasteiger partial charge in [0.1, 0.15) is 12.4 Å². The maximum Gasteiger partial charge on any atom is 0.239 e. The van der Waals surface area contributed by atoms with Crippen molar-refractivity contribution < 1.29 is 4.79 Å². The van der Waals surface area contributed by atoms with Crippen LogP contribution in [0.5, 0.6) is 0 Å². The summed E-state index contributed by atoms with van der Waals surface area (Å²) >= 11 is 11.7. The van der Waals surface area contributed by atoms with Gasteiger partial charge < -0.3 is 9.88 Å². The molecule has 4 nitrogen and oxygen atoms in total. The zero-order valence-corrected chi connectivity index (χ0v) is 10.7. The Bertz CT molecular complexity index is 565. The first kappa shape index (κ1) is 12.2. The van der Waals surface area contributed by atoms with Crippen molar-refractivity contribution in [3.8, 4) is 0 Å². The number of rotatable bonds is 3. The molecule has 0 unspecified atom stereocenters. The molecule has 0 atom stereocenters. The molecule has 0 radical (unpaired) electrons. The number of nitrogens with one attached hydrogen (secondary N) is 1. The lowest BCUT2D eigenvalue weighted by atomic mass is 10.3. The molecule has 1 aromatic carbocycles. The fourth-order valence-corrected chi connectivity index (χ4v) is 2.02. The molecule has 2 rings (SSSR count). The summed E-state index contributed by atoms with van der Waals surface area (Å²) in [5.74, 6) is 0.821. The van der Waals surface area contributed by atoms with Crippen LogP contribution in [0.2, 0.25) is 5.02 Å². The zero-order chi connectivity index (χ0) is 12.4. The molecular formula is C11H11Cl2N3O. The van der Waals surface area contributed by atoms with Gasteiger partial charge in [-0.2, -0.15) is 0 Å². The first-order valence-electron chi connectivity index (χ1n) is 5.07. The highest BCUT2D eigenvalue weighted by molar-refractivity contribution is 6.31. The highest BCUT2D eigenvalue weighted by Gasteiger charge is 2.12. The quantitative estimate of drug-likeness (QED) is 0.870. The second-order valence-electron chi connectivity index (χ2n) is 3.55. The van der Waals surface area contributed by atoms with Gasteiger partial charge in [0.05, 0.1) is 16.9 Å². The average molecular weight is 272 g/mol. The van der Waals surface area contributed by atoms with Gasteiger partial charge in [-0.3, -0.25) is 4.79 Å². The monoisotopic (exact) mass is 271 g/mol. The van der Waals surface area contributed by atoms with Gasteiger partial charge in [0, 0.05) is 12.1 Å². The van der Waals surface area contributed by atoms with E-state index in [1.165, 1.54) is 0 Å². The summed E-state index contributed by atoms with van der Waals surface area (Å²) in [7, 11) is 1.60. The van der Waals surface area contributed by atoms with Crippen LogP contribution in [0.3, 0.4) is 0 Å². The van der Waals surface area contributed by atoms with Crippen LogP contribution in [0.15, 0.2) is 18.2 Å². The van der Waals surface area contributed by atoms with Crippen molar-refractivity contribution in [1.82, 2.24) is 14.9 Å². The summed E-state index contributed by atoms with van der Waals surface area (Å²) in [6.07, 6.45) is 0. The van der Waals surface area contributed by atoms with E-state index in [2.05, 4.69) is 10.3 Å². The second kappa shape index (κ2) is 4.94. The van der Waals surface area contributed by atoms with E-state index in [1.807, 2.05) is 6.07 Å². The number of hydrogen-bond donors (Lipinski definition) is 1. The second-order valence-corrected chi connectivity index (χ2v) is 4.26. The highest BCUT2D eigenvalue weighted by atomic mass is 35.5. The van der Waals surface area contributed by atoms with E-state index in [0.717, 1.165) is 11.0 Å². The third-order valence-corrected chi connectivity index (χ3v) is 2.96. The minimum atomic E-state index is -0.0920. The number of carbonyl (C=O) groups excluding carboxylic acids is 1. The van der Waals surface area contributed by atoms with Crippen LogP contribution in [0.4, 0.5) is 0 Å².